The number of ketones is 2. The van der Waals surface area contributed by atoms with Crippen molar-refractivity contribution in [3.63, 3.8) is 0 Å². The summed E-state index contributed by atoms with van der Waals surface area (Å²) in [5.74, 6) is -2.76. The van der Waals surface area contributed by atoms with Crippen molar-refractivity contribution in [2.45, 2.75) is 26.9 Å². The fourth-order valence-electron chi connectivity index (χ4n) is 0.566. The molecule has 4 nitrogen and oxygen atoms in total. The van der Waals surface area contributed by atoms with Crippen LogP contribution < -0.4 is 0 Å². The fraction of sp³-hybridized carbons (Fsp3) is 0.400. The van der Waals surface area contributed by atoms with Gasteiger partial charge in [0.05, 0.1) is 11.5 Å². The van der Waals surface area contributed by atoms with Gasteiger partial charge in [-0.05, 0) is 20.8 Å². The third-order valence-electron chi connectivity index (χ3n) is 1.03. The predicted octanol–water partition coefficient (Wildman–Crippen LogP) is 2.61. The number of alkyl halides is 3. The second kappa shape index (κ2) is 9.86. The van der Waals surface area contributed by atoms with E-state index in [1.165, 1.54) is 19.9 Å². The van der Waals surface area contributed by atoms with Crippen molar-refractivity contribution >= 4 is 11.6 Å². The van der Waals surface area contributed by atoms with Gasteiger partial charge in [0.2, 0.25) is 0 Å². The Balaban J connectivity index is -0.000000251. The van der Waals surface area contributed by atoms with E-state index in [-0.39, 0.29) is 38.0 Å². The van der Waals surface area contributed by atoms with Gasteiger partial charge in [-0.3, -0.25) is 9.59 Å². The predicted molar refractivity (Wildman–Crippen MR) is 54.5 cm³/mol. The molecular formula is C10H13F3O4Pd. The molecule has 0 aliphatic rings. The van der Waals surface area contributed by atoms with Crippen LogP contribution in [-0.4, -0.2) is 28.0 Å². The summed E-state index contributed by atoms with van der Waals surface area (Å²) in [4.78, 5) is 19.9. The molecule has 0 saturated carbocycles. The van der Waals surface area contributed by atoms with E-state index in [0.717, 1.165) is 6.92 Å². The Morgan fingerprint density at radius 1 is 0.944 bits per heavy atom. The third kappa shape index (κ3) is 17.3. The summed E-state index contributed by atoms with van der Waals surface area (Å²) in [5.41, 5.74) is 0. The van der Waals surface area contributed by atoms with Gasteiger partial charge in [0, 0.05) is 32.6 Å². The zero-order valence-corrected chi connectivity index (χ0v) is 11.4. The molecule has 0 aromatic carbocycles. The molecule has 0 aliphatic carbocycles. The van der Waals surface area contributed by atoms with Crippen LogP contribution in [0.25, 0.3) is 0 Å². The SMILES string of the molecule is CC(=O)C=C(C)O.CC(O)=CC(=O)C(F)(F)F.[Pd]. The molecule has 0 unspecified atom stereocenters. The summed E-state index contributed by atoms with van der Waals surface area (Å²) >= 11 is 0. The average Bonchev–Trinajstić information content (AvgIpc) is 1.98. The molecule has 108 valence electrons. The molecule has 0 amide bonds. The second-order valence-electron chi connectivity index (χ2n) is 3.04. The number of allylic oxidation sites excluding steroid dienone is 4. The molecule has 0 atom stereocenters. The summed E-state index contributed by atoms with van der Waals surface area (Å²) in [6.07, 6.45) is -3.59. The summed E-state index contributed by atoms with van der Waals surface area (Å²) < 4.78 is 33.9. The van der Waals surface area contributed by atoms with E-state index in [9.17, 15) is 22.8 Å². The first-order valence-electron chi connectivity index (χ1n) is 4.33. The normalized spacial score (nSPS) is 11.9. The van der Waals surface area contributed by atoms with Crippen molar-refractivity contribution < 1.29 is 53.4 Å². The summed E-state index contributed by atoms with van der Waals surface area (Å²) in [6.45, 7) is 3.84. The minimum absolute atomic E-state index is 0. The van der Waals surface area contributed by atoms with Crippen LogP contribution in [0.3, 0.4) is 0 Å². The Morgan fingerprint density at radius 2 is 1.28 bits per heavy atom. The number of aliphatic hydroxyl groups is 2. The van der Waals surface area contributed by atoms with Gasteiger partial charge in [-0.1, -0.05) is 0 Å². The van der Waals surface area contributed by atoms with Crippen molar-refractivity contribution in [1.29, 1.82) is 0 Å². The van der Waals surface area contributed by atoms with Gasteiger partial charge in [-0.25, -0.2) is 0 Å². The van der Waals surface area contributed by atoms with Crippen molar-refractivity contribution in [2.75, 3.05) is 0 Å². The van der Waals surface area contributed by atoms with Crippen LogP contribution in [0, 0.1) is 0 Å². The smallest absolute Gasteiger partial charge is 0.454 e. The van der Waals surface area contributed by atoms with Gasteiger partial charge >= 0.3 is 6.18 Å². The topological polar surface area (TPSA) is 74.6 Å². The van der Waals surface area contributed by atoms with E-state index in [4.69, 9.17) is 10.2 Å². The number of carbonyl (C=O) groups excluding carboxylic acids is 2. The molecule has 0 bridgehead atoms. The Morgan fingerprint density at radius 3 is 1.33 bits per heavy atom. The zero-order chi connectivity index (χ0) is 14.2. The van der Waals surface area contributed by atoms with Crippen molar-refractivity contribution in [1.82, 2.24) is 0 Å². The van der Waals surface area contributed by atoms with Crippen LogP contribution >= 0.6 is 0 Å². The molecule has 0 saturated heterocycles. The van der Waals surface area contributed by atoms with Crippen molar-refractivity contribution in [3.05, 3.63) is 23.7 Å². The molecule has 0 fully saturated rings. The van der Waals surface area contributed by atoms with E-state index in [0.29, 0.717) is 0 Å². The minimum atomic E-state index is -4.88. The molecule has 0 spiro atoms. The first kappa shape index (κ1) is 22.1. The minimum Gasteiger partial charge on any atom is -0.512 e. The third-order valence-corrected chi connectivity index (χ3v) is 1.03. The maximum absolute atomic E-state index is 11.3. The van der Waals surface area contributed by atoms with Gasteiger partial charge in [0.15, 0.2) is 5.78 Å². The van der Waals surface area contributed by atoms with Crippen molar-refractivity contribution in [3.8, 4) is 0 Å². The van der Waals surface area contributed by atoms with Gasteiger partial charge in [0.25, 0.3) is 5.78 Å². The monoisotopic (exact) mass is 360 g/mol. The van der Waals surface area contributed by atoms with Crippen LogP contribution in [0.2, 0.25) is 0 Å². The summed E-state index contributed by atoms with van der Waals surface area (Å²) in [6, 6.07) is 0. The molecule has 0 aromatic heterocycles. The number of hydrogen-bond acceptors (Lipinski definition) is 4. The van der Waals surface area contributed by atoms with E-state index in [1.54, 1.807) is 0 Å². The molecule has 0 rings (SSSR count). The van der Waals surface area contributed by atoms with E-state index in [1.807, 2.05) is 0 Å². The van der Waals surface area contributed by atoms with Crippen LogP contribution in [-0.2, 0) is 30.0 Å². The van der Waals surface area contributed by atoms with Gasteiger partial charge in [-0.15, -0.1) is 0 Å². The number of rotatable bonds is 2. The van der Waals surface area contributed by atoms with Gasteiger partial charge in [-0.2, -0.15) is 13.2 Å². The quantitative estimate of drug-likeness (QED) is 0.451. The average molecular weight is 361 g/mol. The molecule has 0 radical (unpaired) electrons. The largest absolute Gasteiger partial charge is 0.512 e. The fourth-order valence-corrected chi connectivity index (χ4v) is 0.566. The number of hydrogen-bond donors (Lipinski definition) is 2. The van der Waals surface area contributed by atoms with Crippen LogP contribution in [0.1, 0.15) is 20.8 Å². The Kier molecular flexibility index (Phi) is 12.1. The summed E-state index contributed by atoms with van der Waals surface area (Å²) in [7, 11) is 0. The molecular weight excluding hydrogens is 348 g/mol. The van der Waals surface area contributed by atoms with Gasteiger partial charge in [0.1, 0.15) is 0 Å². The first-order chi connectivity index (χ1) is 7.46. The maximum Gasteiger partial charge on any atom is 0.454 e. The molecule has 18 heavy (non-hydrogen) atoms. The first-order valence-corrected chi connectivity index (χ1v) is 4.33. The molecule has 0 aromatic rings. The molecule has 0 aliphatic heterocycles. The number of halogens is 3. The van der Waals surface area contributed by atoms with E-state index in [2.05, 4.69) is 0 Å². The van der Waals surface area contributed by atoms with Crippen molar-refractivity contribution in [2.24, 2.45) is 0 Å². The Bertz CT molecular complexity index is 338. The Hall–Kier alpha value is -1.13. The number of aliphatic hydroxyl groups excluding tert-OH is 2. The van der Waals surface area contributed by atoms with Crippen LogP contribution in [0.5, 0.6) is 0 Å². The molecule has 2 N–H and O–H groups in total. The van der Waals surface area contributed by atoms with E-state index < -0.39 is 17.7 Å². The Labute approximate surface area is 116 Å². The van der Waals surface area contributed by atoms with Crippen LogP contribution in [0.4, 0.5) is 13.2 Å². The standard InChI is InChI=1S/C5H5F3O2.C5H8O2.Pd/c1-3(9)2-4(10)5(6,7)8;1-4(6)3-5(2)7;/h2,9H,1H3;3,6H,1-2H3;. The second-order valence-corrected chi connectivity index (χ2v) is 3.04. The number of carbonyl (C=O) groups is 2. The summed E-state index contributed by atoms with van der Waals surface area (Å²) in [5, 5.41) is 16.6. The zero-order valence-electron chi connectivity index (χ0n) is 9.82. The molecule has 0 heterocycles. The van der Waals surface area contributed by atoms with Crippen LogP contribution in [0.15, 0.2) is 23.7 Å². The van der Waals surface area contributed by atoms with Gasteiger partial charge < -0.3 is 10.2 Å². The maximum atomic E-state index is 11.3. The molecule has 8 heteroatoms. The van der Waals surface area contributed by atoms with E-state index >= 15 is 0 Å².